The average molecular weight is 844 g/mol. The molecule has 0 bridgehead atoms. The molecule has 65 heavy (non-hydrogen) atoms. The second-order valence-electron chi connectivity index (χ2n) is 17.0. The van der Waals surface area contributed by atoms with Crippen LogP contribution in [0.3, 0.4) is 0 Å². The molecule has 0 spiro atoms. The molecule has 8 aromatic rings. The lowest BCUT2D eigenvalue weighted by molar-refractivity contribution is 0.339. The summed E-state index contributed by atoms with van der Waals surface area (Å²) in [6.45, 7) is 4.78. The Morgan fingerprint density at radius 1 is 0.369 bits per heavy atom. The van der Waals surface area contributed by atoms with Crippen molar-refractivity contribution in [2.24, 2.45) is 11.8 Å². The Morgan fingerprint density at radius 3 is 1.02 bits per heavy atom. The standard InChI is InChI=1S/C62H57N3/c1-3-53-33-39-56(34-24-48(53)2)65(58-37-31-52(32-38-58)28-26-50-18-10-5-11-19-50)62-46-44-61(45-47-62)64(55-22-14-7-15-23-55)60-42-40-59(41-43-60)63(54-20-12-6-13-21-54)57-35-29-51(30-36-57)27-25-49-16-8-4-9-17-49/h4-23,25-32,35-48,53H,3,24,33-34H2,1-2H3. The van der Waals surface area contributed by atoms with Crippen LogP contribution in [-0.2, 0) is 0 Å². The Morgan fingerprint density at radius 2 is 0.662 bits per heavy atom. The molecule has 0 saturated heterocycles. The molecule has 2 atom stereocenters. The normalized spacial score (nSPS) is 15.1. The maximum absolute atomic E-state index is 2.52. The maximum atomic E-state index is 2.52. The second-order valence-corrected chi connectivity index (χ2v) is 17.0. The van der Waals surface area contributed by atoms with Gasteiger partial charge in [0, 0.05) is 51.2 Å². The zero-order valence-corrected chi connectivity index (χ0v) is 37.5. The molecule has 3 nitrogen and oxygen atoms in total. The van der Waals surface area contributed by atoms with Gasteiger partial charge in [0.15, 0.2) is 0 Å². The lowest BCUT2D eigenvalue weighted by atomic mass is 9.87. The lowest BCUT2D eigenvalue weighted by Crippen LogP contribution is -2.17. The summed E-state index contributed by atoms with van der Waals surface area (Å²) >= 11 is 0. The van der Waals surface area contributed by atoms with Crippen molar-refractivity contribution < 1.29 is 0 Å². The molecule has 2 unspecified atom stereocenters. The van der Waals surface area contributed by atoms with Crippen LogP contribution in [0.25, 0.3) is 24.3 Å². The van der Waals surface area contributed by atoms with Gasteiger partial charge in [-0.05, 0) is 150 Å². The molecule has 0 radical (unpaired) electrons. The van der Waals surface area contributed by atoms with Gasteiger partial charge in [0.05, 0.1) is 0 Å². The Labute approximate surface area is 386 Å². The summed E-state index contributed by atoms with van der Waals surface area (Å²) in [5.41, 5.74) is 15.0. The Kier molecular flexibility index (Phi) is 13.6. The van der Waals surface area contributed by atoms with Gasteiger partial charge in [-0.25, -0.2) is 0 Å². The van der Waals surface area contributed by atoms with Crippen LogP contribution in [0.5, 0.6) is 0 Å². The van der Waals surface area contributed by atoms with Gasteiger partial charge in [-0.1, -0.05) is 172 Å². The summed E-state index contributed by atoms with van der Waals surface area (Å²) in [7, 11) is 0. The largest absolute Gasteiger partial charge is 0.315 e. The number of hydrogen-bond donors (Lipinski definition) is 0. The number of benzene rings is 8. The highest BCUT2D eigenvalue weighted by molar-refractivity contribution is 5.83. The molecule has 9 rings (SSSR count). The van der Waals surface area contributed by atoms with Crippen molar-refractivity contribution in [1.82, 2.24) is 0 Å². The van der Waals surface area contributed by atoms with E-state index in [0.717, 1.165) is 52.5 Å². The fraction of sp³-hybridized carbons (Fsp3) is 0.129. The smallest absolute Gasteiger partial charge is 0.0463 e. The monoisotopic (exact) mass is 843 g/mol. The number of nitrogens with zero attached hydrogens (tertiary/aromatic N) is 3. The first-order chi connectivity index (χ1) is 32.1. The minimum absolute atomic E-state index is 0.696. The first-order valence-corrected chi connectivity index (χ1v) is 23.2. The van der Waals surface area contributed by atoms with Crippen LogP contribution in [-0.4, -0.2) is 0 Å². The molecule has 320 valence electrons. The highest BCUT2D eigenvalue weighted by atomic mass is 15.2. The van der Waals surface area contributed by atoms with Crippen LogP contribution in [0, 0.1) is 11.8 Å². The summed E-state index contributed by atoms with van der Waals surface area (Å²) < 4.78 is 0. The predicted octanol–water partition coefficient (Wildman–Crippen LogP) is 17.8. The quantitative estimate of drug-likeness (QED) is 0.101. The van der Waals surface area contributed by atoms with Crippen molar-refractivity contribution >= 4 is 69.8 Å². The molecule has 1 aliphatic rings. The topological polar surface area (TPSA) is 9.72 Å². The Hall–Kier alpha value is -7.62. The predicted molar refractivity (Wildman–Crippen MR) is 280 cm³/mol. The fourth-order valence-electron chi connectivity index (χ4n) is 9.02. The fourth-order valence-corrected chi connectivity index (χ4v) is 9.02. The maximum Gasteiger partial charge on any atom is 0.0463 e. The van der Waals surface area contributed by atoms with Crippen LogP contribution >= 0.6 is 0 Å². The van der Waals surface area contributed by atoms with Crippen LogP contribution in [0.4, 0.5) is 45.5 Å². The van der Waals surface area contributed by atoms with Crippen LogP contribution in [0.2, 0.25) is 0 Å². The van der Waals surface area contributed by atoms with E-state index in [9.17, 15) is 0 Å². The average Bonchev–Trinajstić information content (AvgIpc) is 3.56. The highest BCUT2D eigenvalue weighted by Crippen LogP contribution is 2.42. The molecule has 3 heteroatoms. The van der Waals surface area contributed by atoms with Crippen LogP contribution in [0.1, 0.15) is 61.8 Å². The molecule has 0 fully saturated rings. The van der Waals surface area contributed by atoms with Gasteiger partial charge in [-0.15, -0.1) is 0 Å². The van der Waals surface area contributed by atoms with E-state index >= 15 is 0 Å². The molecule has 1 aliphatic carbocycles. The lowest BCUT2D eigenvalue weighted by Gasteiger charge is -2.30. The van der Waals surface area contributed by atoms with Crippen molar-refractivity contribution in [3.63, 3.8) is 0 Å². The van der Waals surface area contributed by atoms with E-state index in [2.05, 4.69) is 271 Å². The number of para-hydroxylation sites is 2. The van der Waals surface area contributed by atoms with E-state index in [1.165, 1.54) is 46.6 Å². The minimum Gasteiger partial charge on any atom is -0.315 e. The number of anilines is 8. The van der Waals surface area contributed by atoms with Gasteiger partial charge in [-0.2, -0.15) is 0 Å². The van der Waals surface area contributed by atoms with Crippen molar-refractivity contribution in [3.8, 4) is 0 Å². The molecule has 0 aliphatic heterocycles. The summed E-state index contributed by atoms with van der Waals surface area (Å²) in [5.74, 6) is 1.41. The van der Waals surface area contributed by atoms with E-state index in [0.29, 0.717) is 11.8 Å². The number of allylic oxidation sites excluding steroid dienone is 2. The van der Waals surface area contributed by atoms with Crippen LogP contribution in [0.15, 0.2) is 230 Å². The third-order valence-corrected chi connectivity index (χ3v) is 12.7. The van der Waals surface area contributed by atoms with E-state index < -0.39 is 0 Å². The van der Waals surface area contributed by atoms with Gasteiger partial charge in [-0.3, -0.25) is 0 Å². The highest BCUT2D eigenvalue weighted by Gasteiger charge is 2.24. The molecule has 8 aromatic carbocycles. The van der Waals surface area contributed by atoms with Gasteiger partial charge in [0.1, 0.15) is 0 Å². The first-order valence-electron chi connectivity index (χ1n) is 23.2. The van der Waals surface area contributed by atoms with Crippen molar-refractivity contribution in [1.29, 1.82) is 0 Å². The zero-order valence-electron chi connectivity index (χ0n) is 37.5. The summed E-state index contributed by atoms with van der Waals surface area (Å²) in [6, 6.07) is 78.2. The molecule has 0 saturated carbocycles. The Bertz CT molecular complexity index is 2790. The van der Waals surface area contributed by atoms with Gasteiger partial charge in [0.25, 0.3) is 0 Å². The van der Waals surface area contributed by atoms with Crippen molar-refractivity contribution in [2.75, 3.05) is 14.7 Å². The molecule has 0 amide bonds. The van der Waals surface area contributed by atoms with Gasteiger partial charge >= 0.3 is 0 Å². The van der Waals surface area contributed by atoms with E-state index in [4.69, 9.17) is 0 Å². The minimum atomic E-state index is 0.696. The molecular weight excluding hydrogens is 787 g/mol. The van der Waals surface area contributed by atoms with E-state index in [1.807, 2.05) is 6.07 Å². The summed E-state index contributed by atoms with van der Waals surface area (Å²) in [5, 5.41) is 0. The third-order valence-electron chi connectivity index (χ3n) is 12.7. The van der Waals surface area contributed by atoms with Crippen molar-refractivity contribution in [2.45, 2.75) is 39.5 Å². The molecule has 0 heterocycles. The molecule has 0 aromatic heterocycles. The molecule has 0 N–H and O–H groups in total. The van der Waals surface area contributed by atoms with E-state index in [-0.39, 0.29) is 0 Å². The zero-order chi connectivity index (χ0) is 44.2. The number of rotatable bonds is 14. The SMILES string of the molecule is CCC1CC=C(N(c2ccc(C=Cc3ccccc3)cc2)c2ccc(N(c3ccccc3)c3ccc(N(c4ccccc4)c4ccc(C=Cc5ccccc5)cc4)cc3)cc2)CCC1C. The summed E-state index contributed by atoms with van der Waals surface area (Å²) in [4.78, 5) is 7.17. The van der Waals surface area contributed by atoms with Gasteiger partial charge in [0.2, 0.25) is 0 Å². The third kappa shape index (κ3) is 10.4. The second kappa shape index (κ2) is 20.7. The first kappa shape index (κ1) is 42.7. The van der Waals surface area contributed by atoms with Crippen molar-refractivity contribution in [3.05, 3.63) is 252 Å². The number of hydrogen-bond acceptors (Lipinski definition) is 3. The van der Waals surface area contributed by atoms with Crippen LogP contribution < -0.4 is 14.7 Å². The molecular formula is C62H57N3. The van der Waals surface area contributed by atoms with E-state index in [1.54, 1.807) is 0 Å². The summed E-state index contributed by atoms with van der Waals surface area (Å²) in [6.07, 6.45) is 15.8. The Balaban J connectivity index is 1.03. The van der Waals surface area contributed by atoms with Gasteiger partial charge < -0.3 is 14.7 Å².